The molecule has 4 rings (SSSR count). The lowest BCUT2D eigenvalue weighted by atomic mass is 10.0. The quantitative estimate of drug-likeness (QED) is 0.601. The number of fused-ring (bicyclic) bond motifs is 2. The van der Waals surface area contributed by atoms with Crippen LogP contribution in [0.2, 0.25) is 0 Å². The van der Waals surface area contributed by atoms with Crippen LogP contribution in [0.25, 0.3) is 0 Å². The number of ether oxygens (including phenoxy) is 1. The highest BCUT2D eigenvalue weighted by molar-refractivity contribution is 7.91. The summed E-state index contributed by atoms with van der Waals surface area (Å²) in [7, 11) is -3.87. The van der Waals surface area contributed by atoms with Crippen molar-refractivity contribution in [2.24, 2.45) is 0 Å². The molecule has 0 fully saturated rings. The molecule has 0 unspecified atom stereocenters. The molecule has 1 heterocycles. The van der Waals surface area contributed by atoms with E-state index in [2.05, 4.69) is 0 Å². The third kappa shape index (κ3) is 2.55. The van der Waals surface area contributed by atoms with Crippen LogP contribution in [0.15, 0.2) is 76.5 Å². The number of rotatable bonds is 3. The molecule has 0 bridgehead atoms. The zero-order valence-electron chi connectivity index (χ0n) is 13.5. The second-order valence-electron chi connectivity index (χ2n) is 5.92. The third-order valence-electron chi connectivity index (χ3n) is 4.25. The van der Waals surface area contributed by atoms with Gasteiger partial charge in [-0.1, -0.05) is 42.5 Å². The van der Waals surface area contributed by atoms with Gasteiger partial charge < -0.3 is 9.84 Å². The Morgan fingerprint density at radius 1 is 0.846 bits per heavy atom. The molecule has 0 spiro atoms. The molecule has 0 saturated carbocycles. The zero-order valence-corrected chi connectivity index (χ0v) is 14.4. The van der Waals surface area contributed by atoms with Crippen molar-refractivity contribution in [3.05, 3.63) is 83.4 Å². The Labute approximate surface area is 150 Å². The van der Waals surface area contributed by atoms with Crippen molar-refractivity contribution < 1.29 is 23.1 Å². The molecule has 130 valence electrons. The lowest BCUT2D eigenvalue weighted by Gasteiger charge is -2.20. The number of benzene rings is 3. The standard InChI is InChI=1S/C20H14O5S/c21-16-10-15-19(11-17(16)25-12-13-6-2-1-3-7-13)26(23,24)18-9-5-4-8-14(18)20(15)22/h1-11,21H,12H2. The number of carbonyl (C=O) groups is 1. The molecule has 0 saturated heterocycles. The minimum Gasteiger partial charge on any atom is -0.504 e. The van der Waals surface area contributed by atoms with Crippen LogP contribution in [0, 0.1) is 0 Å². The van der Waals surface area contributed by atoms with E-state index < -0.39 is 15.6 Å². The largest absolute Gasteiger partial charge is 0.504 e. The fraction of sp³-hybridized carbons (Fsp3) is 0.0500. The summed E-state index contributed by atoms with van der Waals surface area (Å²) in [5.41, 5.74) is 0.930. The Bertz CT molecular complexity index is 1120. The van der Waals surface area contributed by atoms with Crippen LogP contribution in [-0.4, -0.2) is 19.3 Å². The van der Waals surface area contributed by atoms with Crippen molar-refractivity contribution in [1.82, 2.24) is 0 Å². The molecule has 1 aliphatic heterocycles. The first-order valence-electron chi connectivity index (χ1n) is 7.91. The van der Waals surface area contributed by atoms with Gasteiger partial charge in [0, 0.05) is 17.2 Å². The van der Waals surface area contributed by atoms with Crippen LogP contribution in [0.4, 0.5) is 0 Å². The summed E-state index contributed by atoms with van der Waals surface area (Å²) >= 11 is 0. The summed E-state index contributed by atoms with van der Waals surface area (Å²) in [6.45, 7) is 0.164. The predicted molar refractivity (Wildman–Crippen MR) is 94.2 cm³/mol. The number of aromatic hydroxyl groups is 1. The van der Waals surface area contributed by atoms with E-state index in [0.29, 0.717) is 0 Å². The normalized spacial score (nSPS) is 14.4. The highest BCUT2D eigenvalue weighted by atomic mass is 32.2. The van der Waals surface area contributed by atoms with Gasteiger partial charge in [-0.25, -0.2) is 8.42 Å². The Hall–Kier alpha value is -3.12. The van der Waals surface area contributed by atoms with E-state index in [1.807, 2.05) is 30.3 Å². The molecule has 1 aliphatic rings. The molecule has 6 heteroatoms. The molecule has 0 amide bonds. The Morgan fingerprint density at radius 2 is 1.54 bits per heavy atom. The van der Waals surface area contributed by atoms with Crippen LogP contribution in [0.5, 0.6) is 11.5 Å². The lowest BCUT2D eigenvalue weighted by molar-refractivity contribution is 0.103. The van der Waals surface area contributed by atoms with Crippen LogP contribution in [0.3, 0.4) is 0 Å². The van der Waals surface area contributed by atoms with Crippen molar-refractivity contribution in [2.75, 3.05) is 0 Å². The maximum atomic E-state index is 12.9. The Kier molecular flexibility index (Phi) is 3.77. The highest BCUT2D eigenvalue weighted by Crippen LogP contribution is 2.40. The number of phenols is 1. The number of ketones is 1. The molecule has 5 nitrogen and oxygen atoms in total. The summed E-state index contributed by atoms with van der Waals surface area (Å²) < 4.78 is 31.4. The van der Waals surface area contributed by atoms with Crippen LogP contribution in [0.1, 0.15) is 21.5 Å². The van der Waals surface area contributed by atoms with Crippen LogP contribution >= 0.6 is 0 Å². The van der Waals surface area contributed by atoms with Crippen molar-refractivity contribution >= 4 is 15.6 Å². The van der Waals surface area contributed by atoms with Crippen LogP contribution < -0.4 is 4.74 Å². The van der Waals surface area contributed by atoms with Gasteiger partial charge in [-0.05, 0) is 23.8 Å². The molecule has 0 radical (unpaired) electrons. The minimum absolute atomic E-state index is 0.0170. The second-order valence-corrected chi connectivity index (χ2v) is 7.81. The highest BCUT2D eigenvalue weighted by Gasteiger charge is 2.35. The van der Waals surface area contributed by atoms with Crippen molar-refractivity contribution in [3.8, 4) is 11.5 Å². The number of phenolic OH excluding ortho intramolecular Hbond substituents is 1. The first-order valence-corrected chi connectivity index (χ1v) is 9.39. The van der Waals surface area contributed by atoms with Crippen molar-refractivity contribution in [2.45, 2.75) is 16.4 Å². The zero-order chi connectivity index (χ0) is 18.3. The average molecular weight is 366 g/mol. The van der Waals surface area contributed by atoms with E-state index in [-0.39, 0.29) is 39.0 Å². The molecule has 0 aliphatic carbocycles. The number of hydrogen-bond donors (Lipinski definition) is 1. The maximum absolute atomic E-state index is 12.9. The summed E-state index contributed by atoms with van der Waals surface area (Å²) in [4.78, 5) is 12.4. The van der Waals surface area contributed by atoms with Gasteiger partial charge in [-0.15, -0.1) is 0 Å². The molecule has 0 atom stereocenters. The van der Waals surface area contributed by atoms with Gasteiger partial charge in [-0.3, -0.25) is 4.79 Å². The summed E-state index contributed by atoms with van der Waals surface area (Å²) in [5.74, 6) is -0.693. The molecule has 3 aromatic carbocycles. The molecule has 1 N–H and O–H groups in total. The Balaban J connectivity index is 1.78. The van der Waals surface area contributed by atoms with Gasteiger partial charge in [0.05, 0.1) is 9.79 Å². The molecule has 3 aromatic rings. The van der Waals surface area contributed by atoms with Gasteiger partial charge in [0.25, 0.3) is 0 Å². The summed E-state index contributed by atoms with van der Waals surface area (Å²) in [6.07, 6.45) is 0. The van der Waals surface area contributed by atoms with E-state index in [1.54, 1.807) is 12.1 Å². The molecule has 0 aromatic heterocycles. The third-order valence-corrected chi connectivity index (χ3v) is 6.11. The van der Waals surface area contributed by atoms with Gasteiger partial charge in [-0.2, -0.15) is 0 Å². The fourth-order valence-electron chi connectivity index (χ4n) is 2.95. The van der Waals surface area contributed by atoms with Gasteiger partial charge in [0.2, 0.25) is 9.84 Å². The first kappa shape index (κ1) is 16.4. The number of sulfone groups is 1. The van der Waals surface area contributed by atoms with E-state index in [1.165, 1.54) is 18.2 Å². The first-order chi connectivity index (χ1) is 12.5. The van der Waals surface area contributed by atoms with Gasteiger partial charge in [0.1, 0.15) is 6.61 Å². The van der Waals surface area contributed by atoms with E-state index in [0.717, 1.165) is 11.6 Å². The lowest BCUT2D eigenvalue weighted by Crippen LogP contribution is -2.20. The van der Waals surface area contributed by atoms with Crippen LogP contribution in [-0.2, 0) is 16.4 Å². The van der Waals surface area contributed by atoms with E-state index >= 15 is 0 Å². The van der Waals surface area contributed by atoms with Gasteiger partial charge >= 0.3 is 0 Å². The van der Waals surface area contributed by atoms with E-state index in [4.69, 9.17) is 4.74 Å². The van der Waals surface area contributed by atoms with Crippen molar-refractivity contribution in [3.63, 3.8) is 0 Å². The molecular formula is C20H14O5S. The number of carbonyl (C=O) groups excluding carboxylic acids is 1. The maximum Gasteiger partial charge on any atom is 0.208 e. The molecular weight excluding hydrogens is 352 g/mol. The van der Waals surface area contributed by atoms with Gasteiger partial charge in [0.15, 0.2) is 17.3 Å². The topological polar surface area (TPSA) is 80.7 Å². The monoisotopic (exact) mass is 366 g/mol. The van der Waals surface area contributed by atoms with Crippen molar-refractivity contribution in [1.29, 1.82) is 0 Å². The predicted octanol–water partition coefficient (Wildman–Crippen LogP) is 3.35. The Morgan fingerprint density at radius 3 is 2.31 bits per heavy atom. The minimum atomic E-state index is -3.87. The summed E-state index contributed by atoms with van der Waals surface area (Å²) in [5, 5.41) is 10.2. The molecule has 26 heavy (non-hydrogen) atoms. The summed E-state index contributed by atoms with van der Waals surface area (Å²) in [6, 6.07) is 17.7. The fourth-order valence-corrected chi connectivity index (χ4v) is 4.60. The smallest absolute Gasteiger partial charge is 0.208 e. The van der Waals surface area contributed by atoms with E-state index in [9.17, 15) is 18.3 Å². The average Bonchev–Trinajstić information content (AvgIpc) is 2.66. The second kappa shape index (κ2) is 6.00. The number of hydrogen-bond acceptors (Lipinski definition) is 5. The SMILES string of the molecule is O=C1c2ccccc2S(=O)(=O)c2cc(OCc3ccccc3)c(O)cc21.